The van der Waals surface area contributed by atoms with E-state index in [9.17, 15) is 13.2 Å². The number of nitrogens with zero attached hydrogens (tertiary/aromatic N) is 3. The third kappa shape index (κ3) is 3.66. The van der Waals surface area contributed by atoms with Crippen molar-refractivity contribution < 1.29 is 13.2 Å². The molecular formula is C21H27N3O3S2. The quantitative estimate of drug-likeness (QED) is 0.746. The van der Waals surface area contributed by atoms with Crippen molar-refractivity contribution in [1.29, 1.82) is 0 Å². The van der Waals surface area contributed by atoms with Gasteiger partial charge in [-0.15, -0.1) is 11.3 Å². The zero-order chi connectivity index (χ0) is 20.0. The normalized spacial score (nSPS) is 24.6. The Hall–Kier alpha value is -1.64. The van der Waals surface area contributed by atoms with Crippen LogP contribution in [0.2, 0.25) is 0 Å². The van der Waals surface area contributed by atoms with Crippen molar-refractivity contribution in [2.24, 2.45) is 0 Å². The second-order valence-electron chi connectivity index (χ2n) is 8.37. The molecule has 4 heterocycles. The summed E-state index contributed by atoms with van der Waals surface area (Å²) >= 11 is 1.77. The third-order valence-electron chi connectivity index (χ3n) is 6.53. The van der Waals surface area contributed by atoms with Crippen LogP contribution in [-0.2, 0) is 22.7 Å². The second kappa shape index (κ2) is 7.56. The molecule has 2 fully saturated rings. The molecule has 0 saturated carbocycles. The molecule has 1 amide bonds. The van der Waals surface area contributed by atoms with Crippen LogP contribution in [0.5, 0.6) is 0 Å². The maximum atomic E-state index is 13.6. The highest BCUT2D eigenvalue weighted by atomic mass is 32.2. The van der Waals surface area contributed by atoms with Crippen LogP contribution < -0.4 is 0 Å². The van der Waals surface area contributed by atoms with Gasteiger partial charge in [0.05, 0.1) is 17.1 Å². The topological polar surface area (TPSA) is 62.6 Å². The van der Waals surface area contributed by atoms with E-state index >= 15 is 0 Å². The van der Waals surface area contributed by atoms with Gasteiger partial charge in [-0.3, -0.25) is 9.69 Å². The average Bonchev–Trinajstić information content (AvgIpc) is 3.45. The Balaban J connectivity index is 1.36. The summed E-state index contributed by atoms with van der Waals surface area (Å²) in [5, 5.41) is 1.05. The molecule has 29 heavy (non-hydrogen) atoms. The monoisotopic (exact) mass is 433 g/mol. The van der Waals surface area contributed by atoms with Gasteiger partial charge in [-0.1, -0.05) is 0 Å². The van der Waals surface area contributed by atoms with Gasteiger partial charge in [-0.2, -0.15) is 0 Å². The number of aromatic nitrogens is 1. The van der Waals surface area contributed by atoms with Gasteiger partial charge in [-0.05, 0) is 49.8 Å². The number of carbonyl (C=O) groups excluding carboxylic acids is 1. The van der Waals surface area contributed by atoms with E-state index < -0.39 is 9.84 Å². The zero-order valence-corrected chi connectivity index (χ0v) is 18.2. The molecule has 0 radical (unpaired) electrons. The molecule has 0 aromatic carbocycles. The highest BCUT2D eigenvalue weighted by Gasteiger charge is 2.36. The molecule has 0 N–H and O–H groups in total. The number of fused-ring (bicyclic) bond motifs is 1. The fourth-order valence-corrected chi connectivity index (χ4v) is 8.04. The SMILES string of the molecule is O=C(c1c(-n2cccc2)sc2c1CCCC2)N1CCN(C2CCS(=O)(=O)C2)CC1. The first kappa shape index (κ1) is 19.3. The Morgan fingerprint density at radius 2 is 1.76 bits per heavy atom. The molecule has 3 aliphatic rings. The number of hydrogen-bond donors (Lipinski definition) is 0. The molecule has 5 rings (SSSR count). The van der Waals surface area contributed by atoms with Crippen molar-refractivity contribution in [3.05, 3.63) is 40.5 Å². The molecular weight excluding hydrogens is 406 g/mol. The number of thiophene rings is 1. The van der Waals surface area contributed by atoms with E-state index in [1.165, 1.54) is 16.9 Å². The van der Waals surface area contributed by atoms with Gasteiger partial charge in [0.25, 0.3) is 5.91 Å². The first-order chi connectivity index (χ1) is 14.0. The number of aryl methyl sites for hydroxylation is 1. The summed E-state index contributed by atoms with van der Waals surface area (Å²) in [5.41, 5.74) is 2.16. The van der Waals surface area contributed by atoms with Crippen LogP contribution in [0.1, 0.15) is 40.1 Å². The van der Waals surface area contributed by atoms with Crippen LogP contribution in [0, 0.1) is 0 Å². The summed E-state index contributed by atoms with van der Waals surface area (Å²) in [6.45, 7) is 2.87. The molecule has 0 spiro atoms. The molecule has 156 valence electrons. The number of amides is 1. The molecule has 6 nitrogen and oxygen atoms in total. The van der Waals surface area contributed by atoms with Crippen LogP contribution in [0.3, 0.4) is 0 Å². The highest BCUT2D eigenvalue weighted by Crippen LogP contribution is 2.37. The standard InChI is InChI=1S/C21H27N3O3S2/c25-20(23-12-10-22(11-13-23)16-7-14-29(26,27)15-16)19-17-5-1-2-6-18(17)28-21(19)24-8-3-4-9-24/h3-4,8-9,16H,1-2,5-7,10-15H2. The smallest absolute Gasteiger partial charge is 0.257 e. The Morgan fingerprint density at radius 1 is 1.03 bits per heavy atom. The highest BCUT2D eigenvalue weighted by molar-refractivity contribution is 7.91. The zero-order valence-electron chi connectivity index (χ0n) is 16.5. The van der Waals surface area contributed by atoms with Crippen LogP contribution in [0.25, 0.3) is 5.00 Å². The maximum Gasteiger partial charge on any atom is 0.257 e. The van der Waals surface area contributed by atoms with Crippen molar-refractivity contribution in [1.82, 2.24) is 14.4 Å². The number of carbonyl (C=O) groups is 1. The summed E-state index contributed by atoms with van der Waals surface area (Å²) in [7, 11) is -2.87. The minimum Gasteiger partial charge on any atom is -0.336 e. The van der Waals surface area contributed by atoms with E-state index in [-0.39, 0.29) is 17.7 Å². The van der Waals surface area contributed by atoms with Crippen molar-refractivity contribution in [3.63, 3.8) is 0 Å². The fourth-order valence-electron chi connectivity index (χ4n) is 4.94. The molecule has 1 atom stereocenters. The molecule has 0 bridgehead atoms. The second-order valence-corrected chi connectivity index (χ2v) is 11.7. The molecule has 2 aromatic heterocycles. The van der Waals surface area contributed by atoms with Gasteiger partial charge in [0.1, 0.15) is 5.00 Å². The average molecular weight is 434 g/mol. The van der Waals surface area contributed by atoms with E-state index in [4.69, 9.17) is 0 Å². The predicted octanol–water partition coefficient (Wildman–Crippen LogP) is 2.36. The van der Waals surface area contributed by atoms with Crippen LogP contribution >= 0.6 is 11.3 Å². The Morgan fingerprint density at radius 3 is 2.45 bits per heavy atom. The Bertz CT molecular complexity index is 1000. The van der Waals surface area contributed by atoms with Gasteiger partial charge in [0.15, 0.2) is 9.84 Å². The van der Waals surface area contributed by atoms with E-state index in [0.29, 0.717) is 18.8 Å². The van der Waals surface area contributed by atoms with E-state index in [1.807, 2.05) is 29.4 Å². The molecule has 8 heteroatoms. The van der Waals surface area contributed by atoms with Crippen LogP contribution in [0.15, 0.2) is 24.5 Å². The number of sulfone groups is 1. The summed E-state index contributed by atoms with van der Waals surface area (Å²) in [6, 6.07) is 4.13. The molecule has 2 aromatic rings. The van der Waals surface area contributed by atoms with E-state index in [2.05, 4.69) is 9.47 Å². The van der Waals surface area contributed by atoms with Crippen LogP contribution in [-0.4, -0.2) is 72.4 Å². The van der Waals surface area contributed by atoms with Crippen molar-refractivity contribution >= 4 is 27.1 Å². The van der Waals surface area contributed by atoms with Gasteiger partial charge in [0, 0.05) is 49.5 Å². The Labute approximate surface area is 176 Å². The van der Waals surface area contributed by atoms with Gasteiger partial charge >= 0.3 is 0 Å². The summed E-state index contributed by atoms with van der Waals surface area (Å²) < 4.78 is 25.7. The minimum absolute atomic E-state index is 0.126. The predicted molar refractivity (Wildman–Crippen MR) is 115 cm³/mol. The first-order valence-electron chi connectivity index (χ1n) is 10.5. The largest absolute Gasteiger partial charge is 0.336 e. The lowest BCUT2D eigenvalue weighted by molar-refractivity contribution is 0.0587. The number of rotatable bonds is 3. The van der Waals surface area contributed by atoms with Crippen molar-refractivity contribution in [2.75, 3.05) is 37.7 Å². The van der Waals surface area contributed by atoms with Gasteiger partial charge in [0.2, 0.25) is 0 Å². The van der Waals surface area contributed by atoms with Gasteiger partial charge < -0.3 is 9.47 Å². The third-order valence-corrected chi connectivity index (χ3v) is 9.59. The van der Waals surface area contributed by atoms with E-state index in [0.717, 1.165) is 49.3 Å². The molecule has 2 aliphatic heterocycles. The lowest BCUT2D eigenvalue weighted by Crippen LogP contribution is -2.52. The molecule has 1 aliphatic carbocycles. The lowest BCUT2D eigenvalue weighted by Gasteiger charge is -2.37. The van der Waals surface area contributed by atoms with Crippen molar-refractivity contribution in [2.45, 2.75) is 38.1 Å². The fraction of sp³-hybridized carbons (Fsp3) is 0.571. The summed E-state index contributed by atoms with van der Waals surface area (Å²) in [6.07, 6.45) is 9.19. The van der Waals surface area contributed by atoms with E-state index in [1.54, 1.807) is 11.3 Å². The molecule has 2 saturated heterocycles. The summed E-state index contributed by atoms with van der Waals surface area (Å²) in [4.78, 5) is 19.2. The minimum atomic E-state index is -2.87. The number of piperazine rings is 1. The molecule has 1 unspecified atom stereocenters. The van der Waals surface area contributed by atoms with Crippen molar-refractivity contribution in [3.8, 4) is 5.00 Å². The first-order valence-corrected chi connectivity index (χ1v) is 13.2. The Kier molecular flexibility index (Phi) is 5.04. The summed E-state index contributed by atoms with van der Waals surface area (Å²) in [5.74, 6) is 0.723. The lowest BCUT2D eigenvalue weighted by atomic mass is 9.95. The van der Waals surface area contributed by atoms with Gasteiger partial charge in [-0.25, -0.2) is 8.42 Å². The van der Waals surface area contributed by atoms with Crippen LogP contribution in [0.4, 0.5) is 0 Å². The number of hydrogen-bond acceptors (Lipinski definition) is 5. The maximum absolute atomic E-state index is 13.6.